The Labute approximate surface area is 331 Å². The van der Waals surface area contributed by atoms with Crippen molar-refractivity contribution in [3.63, 3.8) is 0 Å². The van der Waals surface area contributed by atoms with Crippen molar-refractivity contribution in [1.82, 2.24) is 4.57 Å². The van der Waals surface area contributed by atoms with E-state index < -0.39 is 0 Å². The number of nitrogens with two attached hydrogens (primary N) is 1. The van der Waals surface area contributed by atoms with Crippen molar-refractivity contribution in [1.29, 1.82) is 0 Å². The summed E-state index contributed by atoms with van der Waals surface area (Å²) in [7, 11) is 0. The minimum Gasteiger partial charge on any atom is -0.398 e. The number of nitrogens with zero attached hydrogens (tertiary/aromatic N) is 2. The molecule has 0 bridgehead atoms. The third-order valence-corrected chi connectivity index (χ3v) is 12.4. The molecule has 3 nitrogen and oxygen atoms in total. The monoisotopic (exact) mass is 739 g/mol. The molecule has 270 valence electrons. The number of allylic oxidation sites excluding steroid dienone is 8. The summed E-state index contributed by atoms with van der Waals surface area (Å²) in [6, 6.07) is 48.1. The topological polar surface area (TPSA) is 43.3 Å². The summed E-state index contributed by atoms with van der Waals surface area (Å²) >= 11 is 1.91. The van der Waals surface area contributed by atoms with Crippen molar-refractivity contribution < 1.29 is 0 Å². The average Bonchev–Trinajstić information content (AvgIpc) is 3.81. The minimum atomic E-state index is 0.321. The van der Waals surface area contributed by atoms with E-state index in [0.717, 1.165) is 41.7 Å². The van der Waals surface area contributed by atoms with Crippen molar-refractivity contribution in [2.24, 2.45) is 16.6 Å². The standard InChI is InChI=1S/C52H41N3S/c53-45(39-24-14-5-15-25-39)33-49(54-34-35-16-6-1-7-17-35)55-46-28-26-40(36-18-8-2-9-19-36)30-43(46)51-47(55)32-42(38-22-12-4-13-23-38)50-44-31-41(37-20-10-3-11-21-37)27-29-48(44)56-52(50)51/h1-12,14-16,18-22,24-33,35H,13,17,23,34,53H2/b45-33-,54-49+. The first-order valence-corrected chi connectivity index (χ1v) is 20.4. The van der Waals surface area contributed by atoms with Crippen LogP contribution in [-0.2, 0) is 0 Å². The lowest BCUT2D eigenvalue weighted by molar-refractivity contribution is 0.669. The van der Waals surface area contributed by atoms with Gasteiger partial charge in [0, 0.05) is 55.2 Å². The summed E-state index contributed by atoms with van der Waals surface area (Å²) in [5, 5.41) is 5.10. The van der Waals surface area contributed by atoms with E-state index >= 15 is 0 Å². The van der Waals surface area contributed by atoms with Gasteiger partial charge in [-0.05, 0) is 88.5 Å². The zero-order valence-corrected chi connectivity index (χ0v) is 31.9. The maximum absolute atomic E-state index is 6.98. The van der Waals surface area contributed by atoms with Crippen LogP contribution in [0.2, 0.25) is 0 Å². The molecule has 0 amide bonds. The van der Waals surface area contributed by atoms with Crippen LogP contribution in [0.15, 0.2) is 187 Å². The van der Waals surface area contributed by atoms with E-state index in [2.05, 4.69) is 168 Å². The van der Waals surface area contributed by atoms with Crippen LogP contribution in [-0.4, -0.2) is 16.9 Å². The largest absolute Gasteiger partial charge is 0.398 e. The summed E-state index contributed by atoms with van der Waals surface area (Å²) in [5.74, 6) is 1.17. The van der Waals surface area contributed by atoms with Gasteiger partial charge in [0.15, 0.2) is 0 Å². The van der Waals surface area contributed by atoms with Crippen LogP contribution < -0.4 is 5.73 Å². The molecule has 0 saturated carbocycles. The second-order valence-corrected chi connectivity index (χ2v) is 15.8. The van der Waals surface area contributed by atoms with Gasteiger partial charge in [0.25, 0.3) is 0 Å². The van der Waals surface area contributed by atoms with Crippen LogP contribution in [0.1, 0.15) is 30.4 Å². The molecule has 2 aromatic heterocycles. The number of benzene rings is 6. The fraction of sp³-hybridized carbons (Fsp3) is 0.0962. The van der Waals surface area contributed by atoms with Crippen molar-refractivity contribution in [2.45, 2.75) is 19.3 Å². The Morgan fingerprint density at radius 3 is 2.11 bits per heavy atom. The normalized spacial score (nSPS) is 16.1. The molecule has 56 heavy (non-hydrogen) atoms. The van der Waals surface area contributed by atoms with Gasteiger partial charge in [0.1, 0.15) is 5.84 Å². The van der Waals surface area contributed by atoms with Gasteiger partial charge in [-0.2, -0.15) is 0 Å². The van der Waals surface area contributed by atoms with Crippen LogP contribution in [0.5, 0.6) is 0 Å². The molecule has 1 atom stereocenters. The Morgan fingerprint density at radius 1 is 0.696 bits per heavy atom. The molecular formula is C52H41N3S. The first-order valence-electron chi connectivity index (χ1n) is 19.5. The third kappa shape index (κ3) is 6.22. The fourth-order valence-corrected chi connectivity index (χ4v) is 9.66. The smallest absolute Gasteiger partial charge is 0.134 e. The number of thiophene rings is 1. The van der Waals surface area contributed by atoms with E-state index in [9.17, 15) is 0 Å². The van der Waals surface area contributed by atoms with Crippen LogP contribution in [0.25, 0.3) is 75.5 Å². The van der Waals surface area contributed by atoms with Gasteiger partial charge in [-0.1, -0.05) is 146 Å². The van der Waals surface area contributed by atoms with Crippen molar-refractivity contribution >= 4 is 70.4 Å². The SMILES string of the molecule is N/C(=C\C(=N/CC1C=CC=CC1)n1c2ccc(-c3ccccc3)cc2c2c3sc4ccc(-c5ccccc5)cc4c3c(C3=CC=CCC3)cc21)c1ccccc1. The van der Waals surface area contributed by atoms with Gasteiger partial charge in [0.05, 0.1) is 11.0 Å². The highest BCUT2D eigenvalue weighted by molar-refractivity contribution is 7.27. The molecule has 0 spiro atoms. The quantitative estimate of drug-likeness (QED) is 0.128. The summed E-state index contributed by atoms with van der Waals surface area (Å²) in [5.41, 5.74) is 18.4. The second-order valence-electron chi connectivity index (χ2n) is 14.8. The highest BCUT2D eigenvalue weighted by Crippen LogP contribution is 2.48. The Hall–Kier alpha value is -6.49. The summed E-state index contributed by atoms with van der Waals surface area (Å²) in [6.07, 6.45) is 20.7. The predicted octanol–water partition coefficient (Wildman–Crippen LogP) is 13.6. The van der Waals surface area contributed by atoms with Crippen LogP contribution in [0.3, 0.4) is 0 Å². The molecule has 2 aliphatic rings. The van der Waals surface area contributed by atoms with E-state index in [-0.39, 0.29) is 0 Å². The Kier molecular flexibility index (Phi) is 8.89. The van der Waals surface area contributed by atoms with Gasteiger partial charge in [0.2, 0.25) is 0 Å². The highest BCUT2D eigenvalue weighted by atomic mass is 32.1. The molecule has 0 fully saturated rings. The molecule has 6 aromatic carbocycles. The lowest BCUT2D eigenvalue weighted by atomic mass is 9.91. The molecule has 0 radical (unpaired) electrons. The van der Waals surface area contributed by atoms with E-state index in [1.54, 1.807) is 0 Å². The maximum Gasteiger partial charge on any atom is 0.134 e. The number of rotatable bonds is 7. The number of aliphatic imine (C=N–C) groups is 1. The maximum atomic E-state index is 6.98. The summed E-state index contributed by atoms with van der Waals surface area (Å²) < 4.78 is 4.99. The number of fused-ring (bicyclic) bond motifs is 7. The Balaban J connectivity index is 1.32. The summed E-state index contributed by atoms with van der Waals surface area (Å²) in [4.78, 5) is 5.46. The van der Waals surface area contributed by atoms with Gasteiger partial charge >= 0.3 is 0 Å². The van der Waals surface area contributed by atoms with Crippen molar-refractivity contribution in [2.75, 3.05) is 6.54 Å². The molecule has 8 aromatic rings. The van der Waals surface area contributed by atoms with E-state index in [0.29, 0.717) is 18.2 Å². The molecule has 10 rings (SSSR count). The number of hydrogen-bond donors (Lipinski definition) is 1. The molecule has 2 aliphatic carbocycles. The molecule has 2 N–H and O–H groups in total. The van der Waals surface area contributed by atoms with E-state index in [4.69, 9.17) is 10.7 Å². The summed E-state index contributed by atoms with van der Waals surface area (Å²) in [6.45, 7) is 0.661. The molecular weight excluding hydrogens is 699 g/mol. The zero-order chi connectivity index (χ0) is 37.4. The van der Waals surface area contributed by atoms with E-state index in [1.165, 1.54) is 64.3 Å². The van der Waals surface area contributed by atoms with Crippen molar-refractivity contribution in [3.8, 4) is 22.3 Å². The first kappa shape index (κ1) is 34.0. The minimum absolute atomic E-state index is 0.321. The van der Waals surface area contributed by atoms with Gasteiger partial charge < -0.3 is 5.73 Å². The highest BCUT2D eigenvalue weighted by Gasteiger charge is 2.24. The van der Waals surface area contributed by atoms with Gasteiger partial charge in [-0.3, -0.25) is 9.56 Å². The van der Waals surface area contributed by atoms with Crippen molar-refractivity contribution in [3.05, 3.63) is 193 Å². The molecule has 2 heterocycles. The third-order valence-electron chi connectivity index (χ3n) is 11.2. The number of aromatic nitrogens is 1. The van der Waals surface area contributed by atoms with Crippen LogP contribution in [0.4, 0.5) is 0 Å². The predicted molar refractivity (Wildman–Crippen MR) is 242 cm³/mol. The molecule has 0 aliphatic heterocycles. The lowest BCUT2D eigenvalue weighted by Gasteiger charge is -2.16. The van der Waals surface area contributed by atoms with Crippen LogP contribution in [0, 0.1) is 5.92 Å². The first-order chi connectivity index (χ1) is 27.7. The van der Waals surface area contributed by atoms with Crippen LogP contribution >= 0.6 is 11.3 Å². The fourth-order valence-electron chi connectivity index (χ4n) is 8.40. The van der Waals surface area contributed by atoms with Gasteiger partial charge in [-0.15, -0.1) is 11.3 Å². The Morgan fingerprint density at radius 2 is 1.41 bits per heavy atom. The molecule has 4 heteroatoms. The Bertz CT molecular complexity index is 2950. The second kappa shape index (κ2) is 14.6. The average molecular weight is 740 g/mol. The zero-order valence-electron chi connectivity index (χ0n) is 31.1. The number of hydrogen-bond acceptors (Lipinski definition) is 3. The van der Waals surface area contributed by atoms with E-state index in [1.807, 2.05) is 29.5 Å². The lowest BCUT2D eigenvalue weighted by Crippen LogP contribution is -2.14. The molecule has 1 unspecified atom stereocenters. The molecule has 0 saturated heterocycles. The van der Waals surface area contributed by atoms with Gasteiger partial charge in [-0.25, -0.2) is 0 Å².